The molecule has 2 saturated heterocycles. The minimum atomic E-state index is -0.0514. The molecule has 2 fully saturated rings. The van der Waals surface area contributed by atoms with E-state index in [-0.39, 0.29) is 5.38 Å². The van der Waals surface area contributed by atoms with Crippen LogP contribution in [0.15, 0.2) is 16.5 Å². The van der Waals surface area contributed by atoms with E-state index in [1.54, 1.807) is 6.21 Å². The second kappa shape index (κ2) is 4.18. The molecule has 3 aliphatic rings. The fourth-order valence-electron chi connectivity index (χ4n) is 2.89. The summed E-state index contributed by atoms with van der Waals surface area (Å²) in [7, 11) is 0. The Kier molecular flexibility index (Phi) is 2.79. The number of hydrogen-bond donors (Lipinski definition) is 1. The Hall–Kier alpha value is -0.740. The van der Waals surface area contributed by atoms with Crippen molar-refractivity contribution in [1.29, 1.82) is 0 Å². The van der Waals surface area contributed by atoms with Gasteiger partial charge in [-0.2, -0.15) is 0 Å². The number of allylic oxidation sites excluding steroid dienone is 1. The molecule has 2 N–H and O–H groups in total. The zero-order valence-corrected chi connectivity index (χ0v) is 10.6. The van der Waals surface area contributed by atoms with E-state index in [9.17, 15) is 0 Å². The predicted octanol–water partition coefficient (Wildman–Crippen LogP) is 1.31. The molecule has 0 bridgehead atoms. The number of hydrogen-bond acceptors (Lipinski definition) is 4. The minimum absolute atomic E-state index is 0.0514. The SMILES string of the molecule is NC1=C(N2CCCC3(COC3)C2)N=CC(Cl)C1. The zero-order chi connectivity index (χ0) is 11.9. The summed E-state index contributed by atoms with van der Waals surface area (Å²) in [6.07, 6.45) is 4.96. The molecule has 0 aromatic heterocycles. The van der Waals surface area contributed by atoms with Crippen LogP contribution >= 0.6 is 11.6 Å². The van der Waals surface area contributed by atoms with Crippen LogP contribution in [0.1, 0.15) is 19.3 Å². The first-order valence-corrected chi connectivity index (χ1v) is 6.62. The smallest absolute Gasteiger partial charge is 0.147 e. The zero-order valence-electron chi connectivity index (χ0n) is 9.86. The lowest BCUT2D eigenvalue weighted by molar-refractivity contribution is -0.139. The summed E-state index contributed by atoms with van der Waals surface area (Å²) in [4.78, 5) is 6.73. The third-order valence-corrected chi connectivity index (χ3v) is 4.11. The van der Waals surface area contributed by atoms with Crippen LogP contribution in [-0.4, -0.2) is 42.8 Å². The van der Waals surface area contributed by atoms with Crippen LogP contribution in [0.2, 0.25) is 0 Å². The van der Waals surface area contributed by atoms with Gasteiger partial charge in [0, 0.05) is 31.1 Å². The van der Waals surface area contributed by atoms with Crippen LogP contribution in [-0.2, 0) is 4.74 Å². The quantitative estimate of drug-likeness (QED) is 0.719. The molecule has 94 valence electrons. The van der Waals surface area contributed by atoms with Gasteiger partial charge in [-0.05, 0) is 12.8 Å². The summed E-state index contributed by atoms with van der Waals surface area (Å²) in [5.41, 5.74) is 7.24. The largest absolute Gasteiger partial charge is 0.399 e. The van der Waals surface area contributed by atoms with Crippen LogP contribution in [0.25, 0.3) is 0 Å². The number of nitrogens with two attached hydrogens (primary N) is 1. The molecule has 0 amide bonds. The monoisotopic (exact) mass is 255 g/mol. The fraction of sp³-hybridized carbons (Fsp3) is 0.750. The van der Waals surface area contributed by atoms with Crippen molar-refractivity contribution in [2.45, 2.75) is 24.6 Å². The van der Waals surface area contributed by atoms with Crippen LogP contribution < -0.4 is 5.73 Å². The predicted molar refractivity (Wildman–Crippen MR) is 68.0 cm³/mol. The molecule has 1 atom stereocenters. The highest BCUT2D eigenvalue weighted by Gasteiger charge is 2.42. The number of aliphatic imine (C=N–C) groups is 1. The third-order valence-electron chi connectivity index (χ3n) is 3.84. The van der Waals surface area contributed by atoms with Gasteiger partial charge in [0.1, 0.15) is 5.82 Å². The van der Waals surface area contributed by atoms with Gasteiger partial charge in [-0.15, -0.1) is 11.6 Å². The van der Waals surface area contributed by atoms with Crippen molar-refractivity contribution >= 4 is 17.8 Å². The van der Waals surface area contributed by atoms with Crippen molar-refractivity contribution < 1.29 is 4.74 Å². The Morgan fingerprint density at radius 1 is 1.53 bits per heavy atom. The first kappa shape index (κ1) is 11.4. The Bertz CT molecular complexity index is 376. The molecular formula is C12H18ClN3O. The van der Waals surface area contributed by atoms with Crippen molar-refractivity contribution in [2.24, 2.45) is 16.1 Å². The molecule has 17 heavy (non-hydrogen) atoms. The Balaban J connectivity index is 1.76. The molecule has 0 radical (unpaired) electrons. The summed E-state index contributed by atoms with van der Waals surface area (Å²) in [5, 5.41) is -0.0514. The average Bonchev–Trinajstić information content (AvgIpc) is 2.27. The maximum atomic E-state index is 6.06. The highest BCUT2D eigenvalue weighted by Crippen LogP contribution is 2.38. The molecule has 4 nitrogen and oxygen atoms in total. The highest BCUT2D eigenvalue weighted by atomic mass is 35.5. The first-order valence-electron chi connectivity index (χ1n) is 6.18. The molecule has 5 heteroatoms. The molecule has 3 rings (SSSR count). The molecule has 0 aromatic carbocycles. The van der Waals surface area contributed by atoms with Gasteiger partial charge in [0.15, 0.2) is 0 Å². The number of rotatable bonds is 1. The second-order valence-electron chi connectivity index (χ2n) is 5.37. The van der Waals surface area contributed by atoms with Crippen molar-refractivity contribution in [3.8, 4) is 0 Å². The topological polar surface area (TPSA) is 50.8 Å². The van der Waals surface area contributed by atoms with E-state index in [0.717, 1.165) is 37.8 Å². The number of piperidine rings is 1. The lowest BCUT2D eigenvalue weighted by Crippen LogP contribution is -2.54. The molecule has 3 heterocycles. The van der Waals surface area contributed by atoms with E-state index >= 15 is 0 Å². The maximum absolute atomic E-state index is 6.06. The molecule has 0 saturated carbocycles. The van der Waals surface area contributed by atoms with Gasteiger partial charge in [0.25, 0.3) is 0 Å². The van der Waals surface area contributed by atoms with Crippen molar-refractivity contribution in [3.05, 3.63) is 11.5 Å². The van der Waals surface area contributed by atoms with Gasteiger partial charge < -0.3 is 15.4 Å². The van der Waals surface area contributed by atoms with Crippen LogP contribution in [0.3, 0.4) is 0 Å². The maximum Gasteiger partial charge on any atom is 0.147 e. The minimum Gasteiger partial charge on any atom is -0.399 e. The average molecular weight is 256 g/mol. The Labute approximate surface area is 106 Å². The Morgan fingerprint density at radius 3 is 3.00 bits per heavy atom. The van der Waals surface area contributed by atoms with Gasteiger partial charge >= 0.3 is 0 Å². The summed E-state index contributed by atoms with van der Waals surface area (Å²) in [6, 6.07) is 0. The van der Waals surface area contributed by atoms with Crippen molar-refractivity contribution in [2.75, 3.05) is 26.3 Å². The third kappa shape index (κ3) is 2.04. The van der Waals surface area contributed by atoms with E-state index in [4.69, 9.17) is 22.1 Å². The number of halogens is 1. The van der Waals surface area contributed by atoms with Crippen molar-refractivity contribution in [1.82, 2.24) is 4.90 Å². The van der Waals surface area contributed by atoms with Gasteiger partial charge in [-0.1, -0.05) is 0 Å². The number of alkyl halides is 1. The van der Waals surface area contributed by atoms with Crippen LogP contribution in [0.5, 0.6) is 0 Å². The summed E-state index contributed by atoms with van der Waals surface area (Å²) in [5.74, 6) is 0.938. The van der Waals surface area contributed by atoms with Gasteiger partial charge in [0.2, 0.25) is 0 Å². The van der Waals surface area contributed by atoms with Crippen LogP contribution in [0.4, 0.5) is 0 Å². The van der Waals surface area contributed by atoms with E-state index in [1.165, 1.54) is 12.8 Å². The lowest BCUT2D eigenvalue weighted by atomic mass is 9.78. The molecular weight excluding hydrogens is 238 g/mol. The van der Waals surface area contributed by atoms with Gasteiger partial charge in [0.05, 0.1) is 24.3 Å². The van der Waals surface area contributed by atoms with Crippen LogP contribution in [0, 0.1) is 5.41 Å². The molecule has 0 aliphatic carbocycles. The molecule has 0 aromatic rings. The summed E-state index contributed by atoms with van der Waals surface area (Å²) < 4.78 is 5.36. The first-order chi connectivity index (χ1) is 8.19. The molecule has 1 spiro atoms. The van der Waals surface area contributed by atoms with E-state index in [0.29, 0.717) is 11.8 Å². The molecule has 3 aliphatic heterocycles. The standard InChI is InChI=1S/C12H18ClN3O/c13-9-4-10(14)11(15-5-9)16-3-1-2-12(6-16)7-17-8-12/h5,9H,1-4,6-8,14H2. The summed E-state index contributed by atoms with van der Waals surface area (Å²) in [6.45, 7) is 3.84. The van der Waals surface area contributed by atoms with Gasteiger partial charge in [-0.25, -0.2) is 4.99 Å². The van der Waals surface area contributed by atoms with E-state index < -0.39 is 0 Å². The number of likely N-dealkylation sites (tertiary alicyclic amines) is 1. The second-order valence-corrected chi connectivity index (χ2v) is 5.93. The Morgan fingerprint density at radius 2 is 2.35 bits per heavy atom. The van der Waals surface area contributed by atoms with Crippen molar-refractivity contribution in [3.63, 3.8) is 0 Å². The van der Waals surface area contributed by atoms with Gasteiger partial charge in [-0.3, -0.25) is 0 Å². The lowest BCUT2D eigenvalue weighted by Gasteiger charge is -2.49. The van der Waals surface area contributed by atoms with E-state index in [2.05, 4.69) is 9.89 Å². The fourth-order valence-corrected chi connectivity index (χ4v) is 3.11. The summed E-state index contributed by atoms with van der Waals surface area (Å²) >= 11 is 6.01. The number of ether oxygens (including phenoxy) is 1. The van der Waals surface area contributed by atoms with E-state index in [1.807, 2.05) is 0 Å². The highest BCUT2D eigenvalue weighted by molar-refractivity contribution is 6.28. The number of nitrogens with zero attached hydrogens (tertiary/aromatic N) is 2. The normalized spacial score (nSPS) is 31.8. The molecule has 1 unspecified atom stereocenters.